The van der Waals surface area contributed by atoms with Crippen molar-refractivity contribution in [3.8, 4) is 0 Å². The van der Waals surface area contributed by atoms with Crippen LogP contribution >= 0.6 is 11.3 Å². The highest BCUT2D eigenvalue weighted by atomic mass is 32.1. The second-order valence-electron chi connectivity index (χ2n) is 2.51. The molecule has 0 radical (unpaired) electrons. The second-order valence-corrected chi connectivity index (χ2v) is 3.46. The van der Waals surface area contributed by atoms with Gasteiger partial charge >= 0.3 is 4.94 Å². The van der Waals surface area contributed by atoms with Gasteiger partial charge in [0, 0.05) is 5.56 Å². The summed E-state index contributed by atoms with van der Waals surface area (Å²) in [5.41, 5.74) is 1.46. The maximum absolute atomic E-state index is 10.9. The zero-order valence-corrected chi connectivity index (χ0v) is 7.47. The van der Waals surface area contributed by atoms with E-state index >= 15 is 0 Å². The van der Waals surface area contributed by atoms with Crippen molar-refractivity contribution >= 4 is 21.6 Å². The topological polar surface area (TPSA) is 65.5 Å². The Morgan fingerprint density at radius 3 is 3.15 bits per heavy atom. The van der Waals surface area contributed by atoms with E-state index in [0.29, 0.717) is 5.58 Å². The quantitative estimate of drug-likeness (QED) is 0.736. The fourth-order valence-corrected chi connectivity index (χ4v) is 1.92. The van der Waals surface area contributed by atoms with E-state index in [-0.39, 0.29) is 11.5 Å². The number of hydrogen-bond donors (Lipinski definition) is 1. The Morgan fingerprint density at radius 2 is 2.38 bits per heavy atom. The predicted molar refractivity (Wildman–Crippen MR) is 49.3 cm³/mol. The molecule has 2 aromatic rings. The minimum absolute atomic E-state index is 0.285. The molecule has 0 aliphatic rings. The molecule has 68 valence electrons. The Labute approximate surface area is 77.5 Å². The van der Waals surface area contributed by atoms with Crippen LogP contribution in [0.5, 0.6) is 0 Å². The van der Waals surface area contributed by atoms with Crippen molar-refractivity contribution < 1.29 is 9.25 Å². The van der Waals surface area contributed by atoms with Crippen LogP contribution in [0.15, 0.2) is 27.4 Å². The first-order valence-corrected chi connectivity index (χ1v) is 4.46. The molecule has 1 aromatic carbocycles. The molecular formula is C8H7NO3S. The summed E-state index contributed by atoms with van der Waals surface area (Å²) in [5.74, 6) is 4.95. The molecule has 0 aliphatic carbocycles. The van der Waals surface area contributed by atoms with Gasteiger partial charge < -0.3 is 4.42 Å². The van der Waals surface area contributed by atoms with Crippen LogP contribution in [0.4, 0.5) is 0 Å². The molecule has 0 fully saturated rings. The molecule has 1 heterocycles. The Hall–Kier alpha value is -1.17. The van der Waals surface area contributed by atoms with Crippen LogP contribution in [0.25, 0.3) is 10.3 Å². The van der Waals surface area contributed by atoms with Crippen LogP contribution in [0.1, 0.15) is 5.56 Å². The average molecular weight is 197 g/mol. The van der Waals surface area contributed by atoms with E-state index in [1.54, 1.807) is 12.1 Å². The zero-order chi connectivity index (χ0) is 9.26. The lowest BCUT2D eigenvalue weighted by molar-refractivity contribution is 0.125. The summed E-state index contributed by atoms with van der Waals surface area (Å²) in [6, 6.07) is 5.39. The van der Waals surface area contributed by atoms with Crippen molar-refractivity contribution in [1.29, 1.82) is 0 Å². The van der Waals surface area contributed by atoms with Gasteiger partial charge in [-0.05, 0) is 6.07 Å². The van der Waals surface area contributed by atoms with Crippen molar-refractivity contribution in [1.82, 2.24) is 0 Å². The summed E-state index contributed by atoms with van der Waals surface area (Å²) in [4.78, 5) is 15.1. The van der Waals surface area contributed by atoms with Gasteiger partial charge in [0.05, 0.1) is 11.3 Å². The van der Waals surface area contributed by atoms with Crippen LogP contribution in [-0.2, 0) is 11.4 Å². The third kappa shape index (κ3) is 1.49. The molecule has 0 aliphatic heterocycles. The molecular weight excluding hydrogens is 190 g/mol. The molecule has 0 amide bonds. The number of rotatable bonds is 2. The number of nitrogens with two attached hydrogens (primary N) is 1. The van der Waals surface area contributed by atoms with Crippen molar-refractivity contribution in [3.63, 3.8) is 0 Å². The van der Waals surface area contributed by atoms with Gasteiger partial charge in [-0.25, -0.2) is 10.7 Å². The standard InChI is InChI=1S/C8H7NO3S/c9-11-4-5-2-1-3-6-7(5)13-8(10)12-6/h1-3H,4,9H2. The van der Waals surface area contributed by atoms with E-state index < -0.39 is 0 Å². The molecule has 13 heavy (non-hydrogen) atoms. The van der Waals surface area contributed by atoms with Crippen molar-refractivity contribution in [2.45, 2.75) is 6.61 Å². The van der Waals surface area contributed by atoms with Gasteiger partial charge in [0.1, 0.15) is 5.58 Å². The Kier molecular flexibility index (Phi) is 2.13. The molecule has 1 aromatic heterocycles. The lowest BCUT2D eigenvalue weighted by Crippen LogP contribution is -1.98. The number of benzene rings is 1. The van der Waals surface area contributed by atoms with Crippen LogP contribution in [0.3, 0.4) is 0 Å². The first-order chi connectivity index (χ1) is 6.31. The van der Waals surface area contributed by atoms with Crippen molar-refractivity contribution in [3.05, 3.63) is 33.5 Å². The number of fused-ring (bicyclic) bond motifs is 1. The molecule has 2 rings (SSSR count). The van der Waals surface area contributed by atoms with E-state index in [1.165, 1.54) is 0 Å². The largest absolute Gasteiger partial charge is 0.414 e. The van der Waals surface area contributed by atoms with E-state index in [4.69, 9.17) is 10.3 Å². The smallest absolute Gasteiger partial charge is 0.396 e. The highest BCUT2D eigenvalue weighted by Crippen LogP contribution is 2.21. The molecule has 5 heteroatoms. The first-order valence-electron chi connectivity index (χ1n) is 3.64. The third-order valence-corrected chi connectivity index (χ3v) is 2.60. The lowest BCUT2D eigenvalue weighted by Gasteiger charge is -1.97. The first kappa shape index (κ1) is 8.43. The fourth-order valence-electron chi connectivity index (χ4n) is 1.15. The van der Waals surface area contributed by atoms with E-state index in [0.717, 1.165) is 21.6 Å². The normalized spacial score (nSPS) is 10.8. The predicted octanol–water partition coefficient (Wildman–Crippen LogP) is 1.24. The Bertz CT molecular complexity index is 473. The number of hydrogen-bond acceptors (Lipinski definition) is 5. The maximum atomic E-state index is 10.9. The van der Waals surface area contributed by atoms with E-state index in [2.05, 4.69) is 4.84 Å². The van der Waals surface area contributed by atoms with E-state index in [9.17, 15) is 4.79 Å². The highest BCUT2D eigenvalue weighted by molar-refractivity contribution is 7.16. The summed E-state index contributed by atoms with van der Waals surface area (Å²) in [6.07, 6.45) is 0. The third-order valence-electron chi connectivity index (χ3n) is 1.68. The minimum Gasteiger partial charge on any atom is -0.414 e. The van der Waals surface area contributed by atoms with Crippen molar-refractivity contribution in [2.24, 2.45) is 5.90 Å². The van der Waals surface area contributed by atoms with Gasteiger partial charge in [-0.1, -0.05) is 23.5 Å². The fraction of sp³-hybridized carbons (Fsp3) is 0.125. The summed E-state index contributed by atoms with van der Waals surface area (Å²) in [5, 5.41) is 0. The molecule has 0 saturated heterocycles. The van der Waals surface area contributed by atoms with Gasteiger partial charge in [0.15, 0.2) is 0 Å². The molecule has 0 saturated carbocycles. The SMILES string of the molecule is NOCc1cccc2oc(=O)sc12. The summed E-state index contributed by atoms with van der Waals surface area (Å²) in [6.45, 7) is 0.285. The van der Waals surface area contributed by atoms with Gasteiger partial charge in [0.2, 0.25) is 0 Å². The van der Waals surface area contributed by atoms with Gasteiger partial charge in [-0.2, -0.15) is 0 Å². The molecule has 4 nitrogen and oxygen atoms in total. The van der Waals surface area contributed by atoms with E-state index in [1.807, 2.05) is 6.07 Å². The molecule has 0 bridgehead atoms. The van der Waals surface area contributed by atoms with Crippen LogP contribution in [0.2, 0.25) is 0 Å². The Morgan fingerprint density at radius 1 is 1.54 bits per heavy atom. The van der Waals surface area contributed by atoms with Crippen LogP contribution in [0, 0.1) is 0 Å². The van der Waals surface area contributed by atoms with Gasteiger partial charge in [-0.15, -0.1) is 0 Å². The Balaban J connectivity index is 2.67. The highest BCUT2D eigenvalue weighted by Gasteiger charge is 2.06. The minimum atomic E-state index is -0.306. The summed E-state index contributed by atoms with van der Waals surface area (Å²) >= 11 is 1.06. The zero-order valence-electron chi connectivity index (χ0n) is 6.65. The maximum Gasteiger partial charge on any atom is 0.396 e. The monoisotopic (exact) mass is 197 g/mol. The lowest BCUT2D eigenvalue weighted by atomic mass is 10.2. The summed E-state index contributed by atoms with van der Waals surface area (Å²) in [7, 11) is 0. The average Bonchev–Trinajstić information content (AvgIpc) is 2.47. The van der Waals surface area contributed by atoms with Gasteiger partial charge in [-0.3, -0.25) is 4.84 Å². The molecule has 0 spiro atoms. The van der Waals surface area contributed by atoms with Crippen LogP contribution < -0.4 is 10.8 Å². The molecule has 0 atom stereocenters. The molecule has 2 N–H and O–H groups in total. The van der Waals surface area contributed by atoms with Crippen molar-refractivity contribution in [2.75, 3.05) is 0 Å². The second kappa shape index (κ2) is 3.29. The van der Waals surface area contributed by atoms with Gasteiger partial charge in [0.25, 0.3) is 0 Å². The summed E-state index contributed by atoms with van der Waals surface area (Å²) < 4.78 is 5.73. The molecule has 0 unspecified atom stereocenters. The van der Waals surface area contributed by atoms with Crippen LogP contribution in [-0.4, -0.2) is 0 Å².